The maximum absolute atomic E-state index is 13.1. The minimum atomic E-state index is -0.542. The van der Waals surface area contributed by atoms with E-state index in [-0.39, 0.29) is 18.2 Å². The minimum absolute atomic E-state index is 0.137. The molecule has 0 radical (unpaired) electrons. The fourth-order valence-electron chi connectivity index (χ4n) is 4.24. The van der Waals surface area contributed by atoms with Crippen LogP contribution in [0.5, 0.6) is 5.75 Å². The maximum Gasteiger partial charge on any atom is 0.310 e. The van der Waals surface area contributed by atoms with Crippen LogP contribution in [0.25, 0.3) is 5.69 Å². The molecule has 7 nitrogen and oxygen atoms in total. The van der Waals surface area contributed by atoms with E-state index in [1.54, 1.807) is 24.3 Å². The number of carbonyl (C=O) groups excluding carboxylic acids is 2. The number of aromatic hydroxyl groups is 1. The zero-order valence-electron chi connectivity index (χ0n) is 18.3. The molecular weight excluding hydrogens is 406 g/mol. The number of aromatic nitrogens is 2. The molecule has 0 aliphatic heterocycles. The highest BCUT2D eigenvalue weighted by molar-refractivity contribution is 5.94. The van der Waals surface area contributed by atoms with Crippen molar-refractivity contribution in [3.63, 3.8) is 0 Å². The summed E-state index contributed by atoms with van der Waals surface area (Å²) in [5, 5.41) is 17.0. The average molecular weight is 434 g/mol. The normalized spacial score (nSPS) is 13.4. The van der Waals surface area contributed by atoms with Crippen LogP contribution >= 0.6 is 0 Å². The third kappa shape index (κ3) is 4.37. The number of fused-ring (bicyclic) bond motifs is 1. The standard InChI is InChI=1S/C25H27N3O4/c1-16-6-3-4-8-21(16)28-22-9-5-7-20(22)23(27-28)24(30)26-15-18(25(31)32-2)14-17-10-12-19(29)13-11-17/h3-4,6,8,10-13,18,29H,5,7,9,14-15H2,1-2H3,(H,26,30). The maximum atomic E-state index is 13.1. The van der Waals surface area contributed by atoms with Crippen molar-refractivity contribution in [3.8, 4) is 11.4 Å². The van der Waals surface area contributed by atoms with Crippen molar-refractivity contribution in [2.75, 3.05) is 13.7 Å². The number of hydrogen-bond acceptors (Lipinski definition) is 5. The summed E-state index contributed by atoms with van der Waals surface area (Å²) in [4.78, 5) is 25.4. The molecule has 1 aliphatic carbocycles. The Kier molecular flexibility index (Phi) is 6.25. The second-order valence-corrected chi connectivity index (χ2v) is 8.13. The zero-order chi connectivity index (χ0) is 22.7. The van der Waals surface area contributed by atoms with Gasteiger partial charge in [-0.15, -0.1) is 0 Å². The molecule has 7 heteroatoms. The molecule has 3 aromatic rings. The van der Waals surface area contributed by atoms with Gasteiger partial charge in [-0.3, -0.25) is 9.59 Å². The Balaban J connectivity index is 1.53. The molecule has 0 saturated heterocycles. The molecule has 1 atom stereocenters. The first-order chi connectivity index (χ1) is 15.5. The highest BCUT2D eigenvalue weighted by Crippen LogP contribution is 2.29. The molecule has 1 aliphatic rings. The van der Waals surface area contributed by atoms with Gasteiger partial charge in [0.05, 0.1) is 18.7 Å². The first-order valence-corrected chi connectivity index (χ1v) is 10.8. The van der Waals surface area contributed by atoms with E-state index in [1.807, 2.05) is 35.9 Å². The third-order valence-corrected chi connectivity index (χ3v) is 5.95. The molecule has 1 aromatic heterocycles. The highest BCUT2D eigenvalue weighted by atomic mass is 16.5. The van der Waals surface area contributed by atoms with Crippen molar-refractivity contribution in [3.05, 3.63) is 76.6 Å². The summed E-state index contributed by atoms with van der Waals surface area (Å²) in [6.07, 6.45) is 3.08. The average Bonchev–Trinajstić information content (AvgIpc) is 3.41. The van der Waals surface area contributed by atoms with E-state index in [0.29, 0.717) is 12.1 Å². The van der Waals surface area contributed by atoms with Gasteiger partial charge in [-0.25, -0.2) is 4.68 Å². The number of phenolic OH excluding ortho intramolecular Hbond substituents is 1. The van der Waals surface area contributed by atoms with Crippen LogP contribution in [-0.2, 0) is 28.8 Å². The lowest BCUT2D eigenvalue weighted by Crippen LogP contribution is -2.35. The van der Waals surface area contributed by atoms with E-state index in [9.17, 15) is 14.7 Å². The van der Waals surface area contributed by atoms with E-state index < -0.39 is 11.9 Å². The Bertz CT molecular complexity index is 1130. The Labute approximate surface area is 187 Å². The largest absolute Gasteiger partial charge is 0.508 e. The summed E-state index contributed by atoms with van der Waals surface area (Å²) in [5.74, 6) is -1.06. The highest BCUT2D eigenvalue weighted by Gasteiger charge is 2.28. The molecule has 1 heterocycles. The first-order valence-electron chi connectivity index (χ1n) is 10.8. The molecule has 0 saturated carbocycles. The third-order valence-electron chi connectivity index (χ3n) is 5.95. The number of ether oxygens (including phenoxy) is 1. The summed E-state index contributed by atoms with van der Waals surface area (Å²) < 4.78 is 6.83. The summed E-state index contributed by atoms with van der Waals surface area (Å²) in [7, 11) is 1.34. The lowest BCUT2D eigenvalue weighted by Gasteiger charge is -2.15. The van der Waals surface area contributed by atoms with Gasteiger partial charge in [-0.05, 0) is 61.9 Å². The molecule has 4 rings (SSSR count). The number of aryl methyl sites for hydroxylation is 1. The second kappa shape index (κ2) is 9.26. The summed E-state index contributed by atoms with van der Waals surface area (Å²) in [6.45, 7) is 2.17. The minimum Gasteiger partial charge on any atom is -0.508 e. The lowest BCUT2D eigenvalue weighted by atomic mass is 9.99. The fraction of sp³-hybridized carbons (Fsp3) is 0.320. The number of methoxy groups -OCH3 is 1. The molecular formula is C25H27N3O4. The number of amides is 1. The molecule has 1 amide bonds. The van der Waals surface area contributed by atoms with Gasteiger partial charge >= 0.3 is 5.97 Å². The topological polar surface area (TPSA) is 93.5 Å². The smallest absolute Gasteiger partial charge is 0.310 e. The van der Waals surface area contributed by atoms with Gasteiger partial charge < -0.3 is 15.2 Å². The molecule has 32 heavy (non-hydrogen) atoms. The second-order valence-electron chi connectivity index (χ2n) is 8.13. The molecule has 2 aromatic carbocycles. The number of nitrogens with zero attached hydrogens (tertiary/aromatic N) is 2. The predicted octanol–water partition coefficient (Wildman–Crippen LogP) is 3.14. The number of hydrogen-bond donors (Lipinski definition) is 2. The number of nitrogens with one attached hydrogen (secondary N) is 1. The van der Waals surface area contributed by atoms with Gasteiger partial charge in [-0.1, -0.05) is 30.3 Å². The fourth-order valence-corrected chi connectivity index (χ4v) is 4.24. The van der Waals surface area contributed by atoms with Crippen LogP contribution in [0.15, 0.2) is 48.5 Å². The van der Waals surface area contributed by atoms with Crippen molar-refractivity contribution in [2.24, 2.45) is 5.92 Å². The van der Waals surface area contributed by atoms with Gasteiger partial charge in [0, 0.05) is 17.8 Å². The summed E-state index contributed by atoms with van der Waals surface area (Å²) in [6, 6.07) is 14.6. The van der Waals surface area contributed by atoms with Crippen LogP contribution in [0, 0.1) is 12.8 Å². The molecule has 1 unspecified atom stereocenters. The van der Waals surface area contributed by atoms with E-state index >= 15 is 0 Å². The monoisotopic (exact) mass is 433 g/mol. The number of phenols is 1. The van der Waals surface area contributed by atoms with Crippen LogP contribution in [-0.4, -0.2) is 40.4 Å². The van der Waals surface area contributed by atoms with E-state index in [4.69, 9.17) is 4.74 Å². The van der Waals surface area contributed by atoms with Crippen molar-refractivity contribution in [1.82, 2.24) is 15.1 Å². The Morgan fingerprint density at radius 1 is 1.16 bits per heavy atom. The molecule has 0 fully saturated rings. The number of rotatable bonds is 7. The Morgan fingerprint density at radius 2 is 1.91 bits per heavy atom. The van der Waals surface area contributed by atoms with Crippen LogP contribution in [0.4, 0.5) is 0 Å². The molecule has 0 bridgehead atoms. The predicted molar refractivity (Wildman–Crippen MR) is 120 cm³/mol. The van der Waals surface area contributed by atoms with E-state index in [0.717, 1.165) is 47.3 Å². The Hall–Kier alpha value is -3.61. The first kappa shape index (κ1) is 21.6. The SMILES string of the molecule is COC(=O)C(CNC(=O)c1nn(-c2ccccc2C)c2c1CCC2)Cc1ccc(O)cc1. The van der Waals surface area contributed by atoms with E-state index in [1.165, 1.54) is 7.11 Å². The van der Waals surface area contributed by atoms with Gasteiger partial charge in [-0.2, -0.15) is 5.10 Å². The van der Waals surface area contributed by atoms with Crippen LogP contribution < -0.4 is 5.32 Å². The van der Waals surface area contributed by atoms with Gasteiger partial charge in [0.1, 0.15) is 5.75 Å². The van der Waals surface area contributed by atoms with Crippen molar-refractivity contribution < 1.29 is 19.4 Å². The number of para-hydroxylation sites is 1. The van der Waals surface area contributed by atoms with Crippen LogP contribution in [0.3, 0.4) is 0 Å². The van der Waals surface area contributed by atoms with Crippen molar-refractivity contribution >= 4 is 11.9 Å². The quantitative estimate of drug-likeness (QED) is 0.559. The number of carbonyl (C=O) groups is 2. The summed E-state index contributed by atoms with van der Waals surface area (Å²) >= 11 is 0. The number of benzene rings is 2. The molecule has 166 valence electrons. The van der Waals surface area contributed by atoms with Crippen molar-refractivity contribution in [1.29, 1.82) is 0 Å². The summed E-state index contributed by atoms with van der Waals surface area (Å²) in [5.41, 5.74) is 5.43. The van der Waals surface area contributed by atoms with Crippen LogP contribution in [0.2, 0.25) is 0 Å². The van der Waals surface area contributed by atoms with Crippen molar-refractivity contribution in [2.45, 2.75) is 32.6 Å². The van der Waals surface area contributed by atoms with Gasteiger partial charge in [0.25, 0.3) is 5.91 Å². The van der Waals surface area contributed by atoms with Gasteiger partial charge in [0.2, 0.25) is 0 Å². The number of esters is 1. The zero-order valence-corrected chi connectivity index (χ0v) is 18.3. The van der Waals surface area contributed by atoms with E-state index in [2.05, 4.69) is 10.4 Å². The molecule has 2 N–H and O–H groups in total. The van der Waals surface area contributed by atoms with Crippen LogP contribution in [0.1, 0.15) is 39.3 Å². The Morgan fingerprint density at radius 3 is 2.62 bits per heavy atom. The lowest BCUT2D eigenvalue weighted by molar-refractivity contribution is -0.145. The van der Waals surface area contributed by atoms with Gasteiger partial charge in [0.15, 0.2) is 5.69 Å². The molecule has 0 spiro atoms.